The van der Waals surface area contributed by atoms with Crippen molar-refractivity contribution in [2.24, 2.45) is 0 Å². The smallest absolute Gasteiger partial charge is 0.0654 e. The van der Waals surface area contributed by atoms with E-state index in [9.17, 15) is 0 Å². The molecule has 0 aromatic rings. The molecule has 2 heteroatoms. The molecular formula is C24H54PSi+. The lowest BCUT2D eigenvalue weighted by atomic mass is 10.1. The monoisotopic (exact) mass is 401 g/mol. The number of hydrogen-bond donors (Lipinski definition) is 0. The zero-order valence-electron chi connectivity index (χ0n) is 19.3. The number of hydrogen-bond acceptors (Lipinski definition) is 0. The van der Waals surface area contributed by atoms with Crippen molar-refractivity contribution in [3.63, 3.8) is 0 Å². The lowest BCUT2D eigenvalue weighted by Crippen LogP contribution is -2.09. The molecule has 0 aliphatic rings. The standard InChI is InChI=1S/C24H54PSi/c1-4-7-10-13-16-19-22-25(26,23-20-17-14-11-8-5-2)24-21-18-15-12-9-6-3/h4-24H2,1-3,26H3/q+1. The van der Waals surface area contributed by atoms with Crippen LogP contribution in [-0.2, 0) is 0 Å². The second-order valence-electron chi connectivity index (χ2n) is 9.09. The third kappa shape index (κ3) is 18.0. The van der Waals surface area contributed by atoms with Crippen LogP contribution in [0.15, 0.2) is 0 Å². The number of unbranched alkanes of at least 4 members (excludes halogenated alkanes) is 15. The highest BCUT2D eigenvalue weighted by molar-refractivity contribution is 7.97. The Labute approximate surface area is 171 Å². The maximum Gasteiger partial charge on any atom is 0.184 e. The van der Waals surface area contributed by atoms with E-state index in [-0.39, 0.29) is 0 Å². The first kappa shape index (κ1) is 26.6. The minimum atomic E-state index is -0.497. The normalized spacial score (nSPS) is 12.1. The Kier molecular flexibility index (Phi) is 20.9. The van der Waals surface area contributed by atoms with Crippen molar-refractivity contribution in [3.05, 3.63) is 0 Å². The highest BCUT2D eigenvalue weighted by Crippen LogP contribution is 2.56. The Balaban J connectivity index is 4.02. The van der Waals surface area contributed by atoms with Gasteiger partial charge in [-0.05, 0) is 45.3 Å². The van der Waals surface area contributed by atoms with Crippen molar-refractivity contribution < 1.29 is 0 Å². The Morgan fingerprint density at radius 3 is 0.885 bits per heavy atom. The molecule has 0 atom stereocenters. The van der Waals surface area contributed by atoms with E-state index >= 15 is 0 Å². The van der Waals surface area contributed by atoms with Crippen LogP contribution in [0.4, 0.5) is 0 Å². The van der Waals surface area contributed by atoms with Gasteiger partial charge >= 0.3 is 0 Å². The van der Waals surface area contributed by atoms with Crippen LogP contribution in [0.25, 0.3) is 0 Å². The molecule has 0 N–H and O–H groups in total. The third-order valence-corrected chi connectivity index (χ3v) is 14.4. The first-order chi connectivity index (χ1) is 12.7. The minimum Gasteiger partial charge on any atom is -0.0654 e. The summed E-state index contributed by atoms with van der Waals surface area (Å²) in [6.07, 6.45) is 31.7. The van der Waals surface area contributed by atoms with E-state index in [0.717, 1.165) is 0 Å². The summed E-state index contributed by atoms with van der Waals surface area (Å²) in [6.45, 7) is 6.49. The van der Waals surface area contributed by atoms with Crippen molar-refractivity contribution >= 4 is 16.7 Å². The van der Waals surface area contributed by atoms with Crippen LogP contribution in [0.5, 0.6) is 0 Å². The summed E-state index contributed by atoms with van der Waals surface area (Å²) in [4.78, 5) is 0. The summed E-state index contributed by atoms with van der Waals surface area (Å²) in [7, 11) is 1.54. The first-order valence-electron chi connectivity index (χ1n) is 12.5. The Bertz CT molecular complexity index is 226. The van der Waals surface area contributed by atoms with Crippen LogP contribution in [0.3, 0.4) is 0 Å². The van der Waals surface area contributed by atoms with E-state index in [1.54, 1.807) is 37.7 Å². The maximum absolute atomic E-state index is 2.33. The van der Waals surface area contributed by atoms with E-state index in [2.05, 4.69) is 20.8 Å². The molecule has 0 radical (unpaired) electrons. The molecule has 0 saturated carbocycles. The van der Waals surface area contributed by atoms with Gasteiger partial charge in [-0.3, -0.25) is 0 Å². The zero-order chi connectivity index (χ0) is 19.3. The van der Waals surface area contributed by atoms with Crippen molar-refractivity contribution in [1.82, 2.24) is 0 Å². The zero-order valence-corrected chi connectivity index (χ0v) is 22.2. The summed E-state index contributed by atoms with van der Waals surface area (Å²) in [6, 6.07) is 0. The highest BCUT2D eigenvalue weighted by atomic mass is 31.4. The molecule has 0 aliphatic carbocycles. The molecule has 0 saturated heterocycles. The van der Waals surface area contributed by atoms with E-state index in [4.69, 9.17) is 0 Å². The van der Waals surface area contributed by atoms with E-state index in [1.165, 1.54) is 106 Å². The van der Waals surface area contributed by atoms with Crippen molar-refractivity contribution in [2.75, 3.05) is 18.5 Å². The molecule has 0 bridgehead atoms. The topological polar surface area (TPSA) is 0 Å². The molecule has 0 aliphatic heterocycles. The first-order valence-corrected chi connectivity index (χ1v) is 18.0. The van der Waals surface area contributed by atoms with Gasteiger partial charge in [-0.1, -0.05) is 97.8 Å². The van der Waals surface area contributed by atoms with Crippen LogP contribution in [-0.4, -0.2) is 28.4 Å². The molecule has 0 fully saturated rings. The fourth-order valence-corrected chi connectivity index (χ4v) is 10.6. The summed E-state index contributed by atoms with van der Waals surface area (Å²) in [5.41, 5.74) is 0. The maximum atomic E-state index is 2.33. The molecule has 0 amide bonds. The Hall–Kier alpha value is 0.647. The Morgan fingerprint density at radius 1 is 0.385 bits per heavy atom. The summed E-state index contributed by atoms with van der Waals surface area (Å²) < 4.78 is 0. The molecular weight excluding hydrogens is 347 g/mol. The second kappa shape index (κ2) is 20.4. The Morgan fingerprint density at radius 2 is 0.615 bits per heavy atom. The molecule has 158 valence electrons. The van der Waals surface area contributed by atoms with Gasteiger partial charge in [-0.25, -0.2) is 0 Å². The van der Waals surface area contributed by atoms with Gasteiger partial charge in [0, 0.05) is 18.5 Å². The second-order valence-corrected chi connectivity index (χ2v) is 19.4. The molecule has 0 unspecified atom stereocenters. The fourth-order valence-electron chi connectivity index (χ4n) is 4.16. The van der Waals surface area contributed by atoms with Gasteiger partial charge in [0.15, 0.2) is 9.91 Å². The molecule has 0 aromatic carbocycles. The predicted molar refractivity (Wildman–Crippen MR) is 132 cm³/mol. The van der Waals surface area contributed by atoms with Crippen LogP contribution < -0.4 is 0 Å². The van der Waals surface area contributed by atoms with Crippen LogP contribution in [0.2, 0.25) is 0 Å². The summed E-state index contributed by atoms with van der Waals surface area (Å²) in [5.74, 6) is 0. The highest BCUT2D eigenvalue weighted by Gasteiger charge is 2.28. The average Bonchev–Trinajstić information content (AvgIpc) is 2.64. The summed E-state index contributed by atoms with van der Waals surface area (Å²) >= 11 is 0. The van der Waals surface area contributed by atoms with Crippen LogP contribution in [0.1, 0.15) is 136 Å². The van der Waals surface area contributed by atoms with Gasteiger partial charge in [0.05, 0.1) is 0 Å². The summed E-state index contributed by atoms with van der Waals surface area (Å²) in [5, 5.41) is 0. The largest absolute Gasteiger partial charge is 0.184 e. The molecule has 26 heavy (non-hydrogen) atoms. The SMILES string of the molecule is CCCCCCCC[P+]([SiH3])(CCCCCCCC)CCCCCCCC. The molecule has 0 nitrogen and oxygen atoms in total. The van der Waals surface area contributed by atoms with Crippen LogP contribution in [0, 0.1) is 0 Å². The minimum absolute atomic E-state index is 0.497. The van der Waals surface area contributed by atoms with Crippen molar-refractivity contribution in [1.29, 1.82) is 0 Å². The van der Waals surface area contributed by atoms with Gasteiger partial charge in [-0.2, -0.15) is 0 Å². The van der Waals surface area contributed by atoms with Gasteiger partial charge in [-0.15, -0.1) is 0 Å². The average molecular weight is 402 g/mol. The van der Waals surface area contributed by atoms with Crippen LogP contribution >= 0.6 is 6.81 Å². The lowest BCUT2D eigenvalue weighted by molar-refractivity contribution is 0.617. The third-order valence-electron chi connectivity index (χ3n) is 6.15. The molecule has 0 spiro atoms. The van der Waals surface area contributed by atoms with Crippen molar-refractivity contribution in [3.8, 4) is 0 Å². The lowest BCUT2D eigenvalue weighted by Gasteiger charge is -2.25. The fraction of sp³-hybridized carbons (Fsp3) is 1.00. The predicted octanol–water partition coefficient (Wildman–Crippen LogP) is 8.37. The van der Waals surface area contributed by atoms with E-state index in [1.807, 2.05) is 0 Å². The van der Waals surface area contributed by atoms with Gasteiger partial charge < -0.3 is 0 Å². The molecule has 0 heterocycles. The van der Waals surface area contributed by atoms with E-state index < -0.39 is 6.81 Å². The molecule has 0 rings (SSSR count). The molecule has 0 aromatic heterocycles. The van der Waals surface area contributed by atoms with Gasteiger partial charge in [0.25, 0.3) is 0 Å². The van der Waals surface area contributed by atoms with Crippen molar-refractivity contribution in [2.45, 2.75) is 136 Å². The number of rotatable bonds is 21. The van der Waals surface area contributed by atoms with Gasteiger partial charge in [0.1, 0.15) is 0 Å². The van der Waals surface area contributed by atoms with Gasteiger partial charge in [0.2, 0.25) is 0 Å². The quantitative estimate of drug-likeness (QED) is 0.103. The van der Waals surface area contributed by atoms with E-state index in [0.29, 0.717) is 0 Å².